The van der Waals surface area contributed by atoms with E-state index in [0.29, 0.717) is 11.6 Å². The molecular formula is C22H29ClNO5PS. The first-order valence-electron chi connectivity index (χ1n) is 10.2. The number of hydrogen-bond donors (Lipinski definition) is 1. The van der Waals surface area contributed by atoms with E-state index in [2.05, 4.69) is 4.72 Å². The van der Waals surface area contributed by atoms with Crippen molar-refractivity contribution in [2.45, 2.75) is 43.2 Å². The summed E-state index contributed by atoms with van der Waals surface area (Å²) in [5.41, 5.74) is 1.88. The Labute approximate surface area is 189 Å². The molecular weight excluding hydrogens is 457 g/mol. The number of rotatable bonds is 10. The van der Waals surface area contributed by atoms with Crippen LogP contribution in [0.25, 0.3) is 0 Å². The Morgan fingerprint density at radius 1 is 0.968 bits per heavy atom. The van der Waals surface area contributed by atoms with Crippen molar-refractivity contribution in [1.82, 2.24) is 4.72 Å². The summed E-state index contributed by atoms with van der Waals surface area (Å²) in [4.78, 5) is 0.218. The van der Waals surface area contributed by atoms with Crippen LogP contribution in [0.1, 0.15) is 36.8 Å². The zero-order valence-corrected chi connectivity index (χ0v) is 20.3. The monoisotopic (exact) mass is 485 g/mol. The van der Waals surface area contributed by atoms with Crippen molar-refractivity contribution in [2.24, 2.45) is 5.41 Å². The van der Waals surface area contributed by atoms with Crippen LogP contribution in [0.5, 0.6) is 0 Å². The molecule has 0 unspecified atom stereocenters. The predicted molar refractivity (Wildman–Crippen MR) is 123 cm³/mol. The topological polar surface area (TPSA) is 81.7 Å². The molecule has 1 N–H and O–H groups in total. The maximum atomic E-state index is 12.7. The molecule has 0 radical (unpaired) electrons. The molecule has 3 rings (SSSR count). The van der Waals surface area contributed by atoms with Crippen LogP contribution in [0.3, 0.4) is 0 Å². The average molecular weight is 486 g/mol. The summed E-state index contributed by atoms with van der Waals surface area (Å²) < 4.78 is 50.6. The highest BCUT2D eigenvalue weighted by Gasteiger charge is 2.35. The van der Waals surface area contributed by atoms with Crippen LogP contribution >= 0.6 is 19.2 Å². The first-order chi connectivity index (χ1) is 14.7. The van der Waals surface area contributed by atoms with E-state index in [1.54, 1.807) is 12.1 Å². The van der Waals surface area contributed by atoms with Gasteiger partial charge in [0.15, 0.2) is 0 Å². The highest BCUT2D eigenvalue weighted by atomic mass is 35.5. The number of hydrogen-bond acceptors (Lipinski definition) is 5. The van der Waals surface area contributed by atoms with Gasteiger partial charge in [0.2, 0.25) is 10.0 Å². The van der Waals surface area contributed by atoms with Crippen molar-refractivity contribution in [1.29, 1.82) is 0 Å². The van der Waals surface area contributed by atoms with Crippen molar-refractivity contribution in [3.8, 4) is 0 Å². The van der Waals surface area contributed by atoms with Gasteiger partial charge in [0.05, 0.1) is 11.1 Å². The zero-order chi connectivity index (χ0) is 22.5. The molecule has 6 nitrogen and oxygen atoms in total. The van der Waals surface area contributed by atoms with E-state index >= 15 is 0 Å². The van der Waals surface area contributed by atoms with E-state index in [0.717, 1.165) is 43.2 Å². The Kier molecular flexibility index (Phi) is 8.00. The second kappa shape index (κ2) is 10.2. The molecule has 2 aromatic rings. The lowest BCUT2D eigenvalue weighted by atomic mass is 9.80. The summed E-state index contributed by atoms with van der Waals surface area (Å²) in [7, 11) is -3.94. The second-order valence-electron chi connectivity index (χ2n) is 8.11. The third kappa shape index (κ3) is 6.41. The minimum atomic E-state index is -3.60. The Morgan fingerprint density at radius 3 is 2.06 bits per heavy atom. The molecule has 1 saturated carbocycles. The van der Waals surface area contributed by atoms with Crippen LogP contribution in [0.4, 0.5) is 0 Å². The maximum Gasteiger partial charge on any atom is 0.334 e. The lowest BCUT2D eigenvalue weighted by Crippen LogP contribution is -2.37. The Hall–Kier alpha value is -1.21. The van der Waals surface area contributed by atoms with Gasteiger partial charge in [-0.3, -0.25) is 4.57 Å². The summed E-state index contributed by atoms with van der Waals surface area (Å²) >= 11 is 5.87. The smallest absolute Gasteiger partial charge is 0.312 e. The van der Waals surface area contributed by atoms with Crippen LogP contribution in [-0.2, 0) is 36.2 Å². The number of nitrogens with one attached hydrogen (secondary N) is 1. The first-order valence-corrected chi connectivity index (χ1v) is 13.8. The van der Waals surface area contributed by atoms with E-state index < -0.39 is 17.6 Å². The second-order valence-corrected chi connectivity index (χ2v) is 12.6. The Morgan fingerprint density at radius 2 is 1.52 bits per heavy atom. The molecule has 2 aromatic carbocycles. The van der Waals surface area contributed by atoms with Gasteiger partial charge in [0.25, 0.3) is 0 Å². The molecule has 1 fully saturated rings. The van der Waals surface area contributed by atoms with Crippen LogP contribution in [0, 0.1) is 5.41 Å². The van der Waals surface area contributed by atoms with Crippen molar-refractivity contribution < 1.29 is 22.0 Å². The van der Waals surface area contributed by atoms with E-state index in [1.807, 2.05) is 24.3 Å². The van der Waals surface area contributed by atoms with Crippen molar-refractivity contribution in [3.63, 3.8) is 0 Å². The molecule has 0 heterocycles. The summed E-state index contributed by atoms with van der Waals surface area (Å²) in [6, 6.07) is 14.1. The van der Waals surface area contributed by atoms with Gasteiger partial charge in [-0.1, -0.05) is 48.7 Å². The number of benzene rings is 2. The van der Waals surface area contributed by atoms with Crippen LogP contribution in [0.15, 0.2) is 53.4 Å². The molecule has 1 aliphatic carbocycles. The standard InChI is InChI=1S/C22H29ClNO5PS/c1-28-30(25,29-2)16-19-7-5-18(6-8-19)15-22(13-3-4-14-22)17-24-31(26,27)21-11-9-20(23)10-12-21/h5-12,24H,3-4,13-17H2,1-2H3. The average Bonchev–Trinajstić information content (AvgIpc) is 3.23. The Bertz CT molecular complexity index is 1010. The number of halogens is 1. The van der Waals surface area contributed by atoms with Crippen molar-refractivity contribution >= 4 is 29.2 Å². The fourth-order valence-corrected chi connectivity index (χ4v) is 6.46. The molecule has 0 bridgehead atoms. The van der Waals surface area contributed by atoms with Crippen LogP contribution in [-0.4, -0.2) is 29.2 Å². The normalized spacial score (nSPS) is 16.5. The van der Waals surface area contributed by atoms with E-state index in [9.17, 15) is 13.0 Å². The molecule has 9 heteroatoms. The third-order valence-electron chi connectivity index (χ3n) is 5.96. The van der Waals surface area contributed by atoms with E-state index in [1.165, 1.54) is 26.4 Å². The molecule has 0 saturated heterocycles. The zero-order valence-electron chi connectivity index (χ0n) is 17.8. The minimum absolute atomic E-state index is 0.116. The summed E-state index contributed by atoms with van der Waals surface area (Å²) in [6.45, 7) is 0.391. The number of sulfonamides is 1. The van der Waals surface area contributed by atoms with Gasteiger partial charge in [-0.05, 0) is 60.1 Å². The lowest BCUT2D eigenvalue weighted by molar-refractivity contribution is 0.274. The summed E-state index contributed by atoms with van der Waals surface area (Å²) in [5.74, 6) is 0. The van der Waals surface area contributed by atoms with Crippen molar-refractivity contribution in [3.05, 3.63) is 64.7 Å². The highest BCUT2D eigenvalue weighted by Crippen LogP contribution is 2.49. The minimum Gasteiger partial charge on any atom is -0.312 e. The van der Waals surface area contributed by atoms with Gasteiger partial charge in [0.1, 0.15) is 0 Å². The van der Waals surface area contributed by atoms with Gasteiger partial charge in [0, 0.05) is 25.8 Å². The first kappa shape index (κ1) is 24.4. The van der Waals surface area contributed by atoms with E-state index in [-0.39, 0.29) is 16.5 Å². The van der Waals surface area contributed by atoms with Gasteiger partial charge in [-0.25, -0.2) is 13.1 Å². The quantitative estimate of drug-likeness (QED) is 0.455. The molecule has 170 valence electrons. The largest absolute Gasteiger partial charge is 0.334 e. The Balaban J connectivity index is 1.69. The van der Waals surface area contributed by atoms with Gasteiger partial charge >= 0.3 is 7.60 Å². The molecule has 0 amide bonds. The molecule has 0 aromatic heterocycles. The molecule has 31 heavy (non-hydrogen) atoms. The third-order valence-corrected chi connectivity index (χ3v) is 9.49. The summed E-state index contributed by atoms with van der Waals surface area (Å²) in [6.07, 6.45) is 5.12. The highest BCUT2D eigenvalue weighted by molar-refractivity contribution is 7.89. The SMILES string of the molecule is COP(=O)(Cc1ccc(CC2(CNS(=O)(=O)c3ccc(Cl)cc3)CCCC2)cc1)OC. The van der Waals surface area contributed by atoms with Gasteiger partial charge < -0.3 is 9.05 Å². The molecule has 0 aliphatic heterocycles. The fourth-order valence-electron chi connectivity index (χ4n) is 4.11. The summed E-state index contributed by atoms with van der Waals surface area (Å²) in [5, 5.41) is 0.502. The van der Waals surface area contributed by atoms with Crippen LogP contribution < -0.4 is 4.72 Å². The maximum absolute atomic E-state index is 12.7. The molecule has 1 aliphatic rings. The van der Waals surface area contributed by atoms with Crippen molar-refractivity contribution in [2.75, 3.05) is 20.8 Å². The molecule has 0 spiro atoms. The molecule has 0 atom stereocenters. The predicted octanol–water partition coefficient (Wildman–Crippen LogP) is 5.41. The fraction of sp³-hybridized carbons (Fsp3) is 0.455. The van der Waals surface area contributed by atoms with E-state index in [4.69, 9.17) is 20.6 Å². The van der Waals surface area contributed by atoms with Gasteiger partial charge in [-0.2, -0.15) is 0 Å². The lowest BCUT2D eigenvalue weighted by Gasteiger charge is -2.29. The van der Waals surface area contributed by atoms with Gasteiger partial charge in [-0.15, -0.1) is 0 Å². The van der Waals surface area contributed by atoms with Crippen LogP contribution in [0.2, 0.25) is 5.02 Å².